The molecule has 4 nitrogen and oxygen atoms in total. The summed E-state index contributed by atoms with van der Waals surface area (Å²) in [5, 5.41) is 3.15. The summed E-state index contributed by atoms with van der Waals surface area (Å²) in [7, 11) is 0. The van der Waals surface area contributed by atoms with Crippen molar-refractivity contribution in [1.29, 1.82) is 0 Å². The van der Waals surface area contributed by atoms with E-state index in [1.54, 1.807) is 0 Å². The van der Waals surface area contributed by atoms with Gasteiger partial charge in [0.2, 0.25) is 0 Å². The molecular weight excluding hydrogens is 250 g/mol. The molecule has 0 fully saturated rings. The van der Waals surface area contributed by atoms with Crippen molar-refractivity contribution in [2.24, 2.45) is 10.7 Å². The molecule has 2 unspecified atom stereocenters. The molecule has 2 atom stereocenters. The smallest absolute Gasteiger partial charge is 0.145 e. The van der Waals surface area contributed by atoms with Crippen LogP contribution in [-0.2, 0) is 4.79 Å². The molecule has 0 amide bonds. The monoisotopic (exact) mass is 265 g/mol. The number of hydrogen-bond donors (Lipinski definition) is 2. The summed E-state index contributed by atoms with van der Waals surface area (Å²) in [6.45, 7) is 0. The minimum atomic E-state index is -0.602. The van der Waals surface area contributed by atoms with E-state index in [-0.39, 0.29) is 0 Å². The minimum absolute atomic E-state index is 0.516. The van der Waals surface area contributed by atoms with Crippen molar-refractivity contribution < 1.29 is 4.79 Å². The second-order valence-electron chi connectivity index (χ2n) is 4.69. The zero-order valence-corrected chi connectivity index (χ0v) is 10.9. The number of para-hydroxylation sites is 1. The summed E-state index contributed by atoms with van der Waals surface area (Å²) in [5.74, 6) is 0. The first-order chi connectivity index (χ1) is 9.79. The number of carbonyl (C=O) groups excluding carboxylic acids is 1. The van der Waals surface area contributed by atoms with Crippen molar-refractivity contribution >= 4 is 17.7 Å². The maximum Gasteiger partial charge on any atom is 0.145 e. The number of nitrogens with zero attached hydrogens (tertiary/aromatic N) is 1. The number of benzene rings is 2. The summed E-state index contributed by atoms with van der Waals surface area (Å²) < 4.78 is 0. The molecule has 0 radical (unpaired) electrons. The maximum absolute atomic E-state index is 11.2. The number of hydrogen-bond acceptors (Lipinski definition) is 4. The molecule has 1 aliphatic heterocycles. The van der Waals surface area contributed by atoms with Gasteiger partial charge in [0.25, 0.3) is 0 Å². The van der Waals surface area contributed by atoms with Crippen LogP contribution < -0.4 is 11.1 Å². The third-order valence-corrected chi connectivity index (χ3v) is 3.34. The lowest BCUT2D eigenvalue weighted by Gasteiger charge is -2.15. The molecule has 100 valence electrons. The van der Waals surface area contributed by atoms with Crippen molar-refractivity contribution in [2.75, 3.05) is 5.32 Å². The highest BCUT2D eigenvalue weighted by atomic mass is 16.1. The van der Waals surface area contributed by atoms with Crippen molar-refractivity contribution in [3.8, 4) is 0 Å². The lowest BCUT2D eigenvalue weighted by Crippen LogP contribution is -2.39. The number of aldehydes is 1. The quantitative estimate of drug-likeness (QED) is 0.814. The van der Waals surface area contributed by atoms with Crippen LogP contribution in [0.4, 0.5) is 5.69 Å². The van der Waals surface area contributed by atoms with E-state index >= 15 is 0 Å². The largest absolute Gasteiger partial charge is 0.372 e. The van der Waals surface area contributed by atoms with Gasteiger partial charge in [0.1, 0.15) is 18.5 Å². The van der Waals surface area contributed by atoms with Gasteiger partial charge in [-0.3, -0.25) is 4.99 Å². The Labute approximate surface area is 117 Å². The first-order valence-electron chi connectivity index (χ1n) is 6.49. The highest BCUT2D eigenvalue weighted by molar-refractivity contribution is 6.16. The Bertz CT molecular complexity index is 652. The Hall–Kier alpha value is -2.46. The zero-order valence-electron chi connectivity index (χ0n) is 10.9. The van der Waals surface area contributed by atoms with E-state index in [9.17, 15) is 4.79 Å². The van der Waals surface area contributed by atoms with Crippen LogP contribution in [0.15, 0.2) is 59.6 Å². The van der Waals surface area contributed by atoms with E-state index in [1.165, 1.54) is 0 Å². The number of nitrogens with two attached hydrogens (primary N) is 1. The Morgan fingerprint density at radius 1 is 1.05 bits per heavy atom. The Kier molecular flexibility index (Phi) is 3.31. The number of aliphatic imine (C=N–C) groups is 1. The summed E-state index contributed by atoms with van der Waals surface area (Å²) in [5.41, 5.74) is 9.65. The molecule has 0 spiro atoms. The van der Waals surface area contributed by atoms with Gasteiger partial charge in [-0.1, -0.05) is 48.5 Å². The molecule has 0 saturated heterocycles. The van der Waals surface area contributed by atoms with Crippen LogP contribution in [0.1, 0.15) is 11.1 Å². The lowest BCUT2D eigenvalue weighted by molar-refractivity contribution is -0.108. The fourth-order valence-corrected chi connectivity index (χ4v) is 2.32. The van der Waals surface area contributed by atoms with Crippen LogP contribution in [0.3, 0.4) is 0 Å². The van der Waals surface area contributed by atoms with Gasteiger partial charge in [-0.15, -0.1) is 0 Å². The highest BCUT2D eigenvalue weighted by Gasteiger charge is 2.24. The summed E-state index contributed by atoms with van der Waals surface area (Å²) in [4.78, 5) is 15.7. The van der Waals surface area contributed by atoms with Crippen molar-refractivity contribution in [1.82, 2.24) is 0 Å². The molecule has 1 aliphatic rings. The maximum atomic E-state index is 11.2. The molecule has 3 N–H and O–H groups in total. The Morgan fingerprint density at radius 2 is 1.75 bits per heavy atom. The molecule has 0 aromatic heterocycles. The normalized spacial score (nSPS) is 21.1. The fourth-order valence-electron chi connectivity index (χ4n) is 2.32. The third-order valence-electron chi connectivity index (χ3n) is 3.34. The van der Waals surface area contributed by atoms with Gasteiger partial charge in [-0.2, -0.15) is 0 Å². The van der Waals surface area contributed by atoms with Gasteiger partial charge in [-0.05, 0) is 6.07 Å². The van der Waals surface area contributed by atoms with Crippen LogP contribution in [0.5, 0.6) is 0 Å². The summed E-state index contributed by atoms with van der Waals surface area (Å²) >= 11 is 0. The highest BCUT2D eigenvalue weighted by Crippen LogP contribution is 2.24. The van der Waals surface area contributed by atoms with Gasteiger partial charge >= 0.3 is 0 Å². The molecule has 3 rings (SSSR count). The molecule has 0 bridgehead atoms. The average Bonchev–Trinajstić information content (AvgIpc) is 2.65. The van der Waals surface area contributed by atoms with Crippen molar-refractivity contribution in [3.05, 3.63) is 65.7 Å². The molecular formula is C16H15N3O. The summed E-state index contributed by atoms with van der Waals surface area (Å²) in [6.07, 6.45) is 0.203. The van der Waals surface area contributed by atoms with E-state index in [1.807, 2.05) is 54.6 Å². The van der Waals surface area contributed by atoms with Crippen LogP contribution in [0, 0.1) is 0 Å². The first-order valence-corrected chi connectivity index (χ1v) is 6.49. The first kappa shape index (κ1) is 12.6. The SMILES string of the molecule is NC1N=C(c2ccccc2)c2ccccc2NC1C=O. The number of rotatable bonds is 2. The van der Waals surface area contributed by atoms with Crippen LogP contribution in [0.2, 0.25) is 0 Å². The van der Waals surface area contributed by atoms with Crippen molar-refractivity contribution in [2.45, 2.75) is 12.2 Å². The number of fused-ring (bicyclic) bond motifs is 1. The van der Waals surface area contributed by atoms with E-state index in [4.69, 9.17) is 5.73 Å². The Balaban J connectivity index is 2.18. The second-order valence-corrected chi connectivity index (χ2v) is 4.69. The molecule has 0 saturated carbocycles. The van der Waals surface area contributed by atoms with E-state index in [0.29, 0.717) is 0 Å². The number of nitrogens with one attached hydrogen (secondary N) is 1. The molecule has 2 aromatic rings. The van der Waals surface area contributed by atoms with Gasteiger partial charge in [0.15, 0.2) is 0 Å². The lowest BCUT2D eigenvalue weighted by atomic mass is 10.0. The topological polar surface area (TPSA) is 67.5 Å². The Morgan fingerprint density at radius 3 is 2.50 bits per heavy atom. The molecule has 2 aromatic carbocycles. The van der Waals surface area contributed by atoms with Crippen LogP contribution in [-0.4, -0.2) is 24.2 Å². The predicted molar refractivity (Wildman–Crippen MR) is 80.0 cm³/mol. The van der Waals surface area contributed by atoms with Gasteiger partial charge in [-0.25, -0.2) is 0 Å². The predicted octanol–water partition coefficient (Wildman–Crippen LogP) is 1.80. The molecule has 1 heterocycles. The third kappa shape index (κ3) is 2.21. The molecule has 0 aliphatic carbocycles. The average molecular weight is 265 g/mol. The van der Waals surface area contributed by atoms with E-state index in [0.717, 1.165) is 28.8 Å². The van der Waals surface area contributed by atoms with Gasteiger partial charge in [0.05, 0.1) is 5.71 Å². The zero-order chi connectivity index (χ0) is 13.9. The summed E-state index contributed by atoms with van der Waals surface area (Å²) in [6, 6.07) is 17.1. The standard InChI is InChI=1S/C16H15N3O/c17-16-14(10-20)18-13-9-5-4-8-12(13)15(19-16)11-6-2-1-3-7-11/h1-10,14,16,18H,17H2. The second kappa shape index (κ2) is 5.27. The van der Waals surface area contributed by atoms with Gasteiger partial charge in [0, 0.05) is 16.8 Å². The van der Waals surface area contributed by atoms with Crippen LogP contribution in [0.25, 0.3) is 0 Å². The van der Waals surface area contributed by atoms with Crippen molar-refractivity contribution in [3.63, 3.8) is 0 Å². The molecule has 4 heteroatoms. The fraction of sp³-hybridized carbons (Fsp3) is 0.125. The molecule has 20 heavy (non-hydrogen) atoms. The van der Waals surface area contributed by atoms with E-state index < -0.39 is 12.2 Å². The number of carbonyl (C=O) groups is 1. The number of anilines is 1. The minimum Gasteiger partial charge on any atom is -0.372 e. The number of benzodiazepines with no additional fused rings is 1. The van der Waals surface area contributed by atoms with Crippen LogP contribution >= 0.6 is 0 Å². The van der Waals surface area contributed by atoms with E-state index in [2.05, 4.69) is 10.3 Å². The van der Waals surface area contributed by atoms with Gasteiger partial charge < -0.3 is 15.8 Å².